The quantitative estimate of drug-likeness (QED) is 0.799. The largest absolute Gasteiger partial charge is 0.497 e. The summed E-state index contributed by atoms with van der Waals surface area (Å²) in [5.41, 5.74) is 6.48. The molecule has 0 unspecified atom stereocenters. The Balaban J connectivity index is 2.39. The van der Waals surface area contributed by atoms with Crippen LogP contribution in [0, 0.1) is 0 Å². The molecule has 0 amide bonds. The summed E-state index contributed by atoms with van der Waals surface area (Å²) < 4.78 is 10.3. The van der Waals surface area contributed by atoms with Gasteiger partial charge in [0, 0.05) is 23.9 Å². The topological polar surface area (TPSA) is 99.4 Å². The van der Waals surface area contributed by atoms with Crippen molar-refractivity contribution in [1.29, 1.82) is 0 Å². The number of nitrogens with one attached hydrogen (secondary N) is 1. The Labute approximate surface area is 115 Å². The van der Waals surface area contributed by atoms with Crippen LogP contribution in [0.4, 0.5) is 17.3 Å². The first-order valence-corrected chi connectivity index (χ1v) is 5.73. The van der Waals surface area contributed by atoms with Gasteiger partial charge in [-0.3, -0.25) is 4.79 Å². The van der Waals surface area contributed by atoms with E-state index in [-0.39, 0.29) is 11.4 Å². The number of hydrogen-bond acceptors (Lipinski definition) is 7. The fourth-order valence-electron chi connectivity index (χ4n) is 1.64. The van der Waals surface area contributed by atoms with Gasteiger partial charge in [0.15, 0.2) is 6.29 Å². The molecule has 1 aromatic carbocycles. The van der Waals surface area contributed by atoms with Crippen molar-refractivity contribution < 1.29 is 14.3 Å². The molecular weight excluding hydrogens is 260 g/mol. The second-order valence-electron chi connectivity index (χ2n) is 3.87. The smallest absolute Gasteiger partial charge is 0.157 e. The molecular formula is C13H14N4O3. The number of nitrogens with zero attached hydrogens (tertiary/aromatic N) is 2. The minimum Gasteiger partial charge on any atom is -0.497 e. The maximum Gasteiger partial charge on any atom is 0.157 e. The Morgan fingerprint density at radius 2 is 1.80 bits per heavy atom. The van der Waals surface area contributed by atoms with E-state index in [1.54, 1.807) is 32.4 Å². The summed E-state index contributed by atoms with van der Waals surface area (Å²) in [6.07, 6.45) is 1.89. The van der Waals surface area contributed by atoms with Crippen LogP contribution >= 0.6 is 0 Å². The number of carbonyl (C=O) groups is 1. The Bertz CT molecular complexity index is 609. The van der Waals surface area contributed by atoms with Crippen molar-refractivity contribution in [3.63, 3.8) is 0 Å². The maximum absolute atomic E-state index is 11.0. The number of aromatic nitrogens is 2. The van der Waals surface area contributed by atoms with E-state index in [0.29, 0.717) is 29.3 Å². The van der Waals surface area contributed by atoms with Crippen LogP contribution in [0.2, 0.25) is 0 Å². The first-order valence-electron chi connectivity index (χ1n) is 5.73. The lowest BCUT2D eigenvalue weighted by molar-refractivity contribution is 0.112. The highest BCUT2D eigenvalue weighted by Crippen LogP contribution is 2.28. The van der Waals surface area contributed by atoms with Crippen LogP contribution in [-0.2, 0) is 0 Å². The summed E-state index contributed by atoms with van der Waals surface area (Å²) in [5, 5.41) is 2.99. The second kappa shape index (κ2) is 5.87. The van der Waals surface area contributed by atoms with Gasteiger partial charge < -0.3 is 20.5 Å². The average molecular weight is 274 g/mol. The Morgan fingerprint density at radius 3 is 2.35 bits per heavy atom. The molecule has 7 heteroatoms. The van der Waals surface area contributed by atoms with E-state index in [2.05, 4.69) is 15.3 Å². The van der Waals surface area contributed by atoms with Gasteiger partial charge in [0.2, 0.25) is 0 Å². The number of nitrogens with two attached hydrogens (primary N) is 1. The molecule has 0 radical (unpaired) electrons. The van der Waals surface area contributed by atoms with E-state index in [1.165, 1.54) is 6.33 Å². The van der Waals surface area contributed by atoms with E-state index in [4.69, 9.17) is 15.2 Å². The van der Waals surface area contributed by atoms with Crippen molar-refractivity contribution in [3.05, 3.63) is 30.1 Å². The molecule has 3 N–H and O–H groups in total. The van der Waals surface area contributed by atoms with Gasteiger partial charge >= 0.3 is 0 Å². The zero-order valence-electron chi connectivity index (χ0n) is 11.1. The first kappa shape index (κ1) is 13.6. The second-order valence-corrected chi connectivity index (χ2v) is 3.87. The number of ether oxygens (including phenoxy) is 2. The van der Waals surface area contributed by atoms with Crippen LogP contribution < -0.4 is 20.5 Å². The normalized spacial score (nSPS) is 9.90. The van der Waals surface area contributed by atoms with Crippen molar-refractivity contribution in [3.8, 4) is 11.5 Å². The molecule has 0 aliphatic heterocycles. The zero-order valence-corrected chi connectivity index (χ0v) is 11.1. The third-order valence-electron chi connectivity index (χ3n) is 2.65. The number of nitrogen functional groups attached to an aromatic ring is 1. The summed E-state index contributed by atoms with van der Waals surface area (Å²) in [4.78, 5) is 18.8. The monoisotopic (exact) mass is 274 g/mol. The minimum atomic E-state index is 0.118. The Morgan fingerprint density at radius 1 is 1.15 bits per heavy atom. The molecule has 2 rings (SSSR count). The summed E-state index contributed by atoms with van der Waals surface area (Å²) in [6.45, 7) is 0. The van der Waals surface area contributed by atoms with Gasteiger partial charge in [-0.15, -0.1) is 0 Å². The van der Waals surface area contributed by atoms with Gasteiger partial charge in [-0.2, -0.15) is 0 Å². The highest BCUT2D eigenvalue weighted by molar-refractivity contribution is 5.89. The van der Waals surface area contributed by atoms with Crippen LogP contribution in [0.1, 0.15) is 10.4 Å². The lowest BCUT2D eigenvalue weighted by atomic mass is 10.2. The van der Waals surface area contributed by atoms with Crippen molar-refractivity contribution in [1.82, 2.24) is 9.97 Å². The molecule has 20 heavy (non-hydrogen) atoms. The summed E-state index contributed by atoms with van der Waals surface area (Å²) in [7, 11) is 3.11. The highest BCUT2D eigenvalue weighted by atomic mass is 16.5. The minimum absolute atomic E-state index is 0.118. The molecule has 0 saturated carbocycles. The van der Waals surface area contributed by atoms with Gasteiger partial charge in [0.05, 0.1) is 19.8 Å². The molecule has 1 heterocycles. The Kier molecular flexibility index (Phi) is 3.99. The lowest BCUT2D eigenvalue weighted by Gasteiger charge is -2.11. The van der Waals surface area contributed by atoms with Crippen LogP contribution in [0.15, 0.2) is 24.5 Å². The molecule has 0 aliphatic carbocycles. The molecule has 0 spiro atoms. The molecule has 0 bridgehead atoms. The van der Waals surface area contributed by atoms with Gasteiger partial charge in [-0.25, -0.2) is 9.97 Å². The molecule has 104 valence electrons. The Hall–Kier alpha value is -2.83. The van der Waals surface area contributed by atoms with Gasteiger partial charge in [0.25, 0.3) is 0 Å². The van der Waals surface area contributed by atoms with Gasteiger partial charge in [0.1, 0.15) is 29.5 Å². The van der Waals surface area contributed by atoms with Crippen molar-refractivity contribution in [2.24, 2.45) is 0 Å². The number of methoxy groups -OCH3 is 2. The number of hydrogen-bond donors (Lipinski definition) is 2. The number of carbonyl (C=O) groups excluding carboxylic acids is 1. The predicted octanol–water partition coefficient (Wildman–Crippen LogP) is 1.63. The van der Waals surface area contributed by atoms with E-state index in [0.717, 1.165) is 0 Å². The fourth-order valence-corrected chi connectivity index (χ4v) is 1.64. The molecule has 0 fully saturated rings. The van der Waals surface area contributed by atoms with Gasteiger partial charge in [-0.05, 0) is 0 Å². The van der Waals surface area contributed by atoms with E-state index < -0.39 is 0 Å². The number of aldehydes is 1. The van der Waals surface area contributed by atoms with E-state index >= 15 is 0 Å². The van der Waals surface area contributed by atoms with E-state index in [9.17, 15) is 4.79 Å². The van der Waals surface area contributed by atoms with Crippen LogP contribution in [-0.4, -0.2) is 30.5 Å². The van der Waals surface area contributed by atoms with Crippen LogP contribution in [0.5, 0.6) is 11.5 Å². The SMILES string of the molecule is COc1cc(Nc2ncnc(N)c2C=O)cc(OC)c1. The molecule has 0 saturated heterocycles. The standard InChI is InChI=1S/C13H14N4O3/c1-19-9-3-8(4-10(5-9)20-2)17-13-11(6-18)12(14)15-7-16-13/h3-7H,1-2H3,(H3,14,15,16,17). The molecule has 1 aromatic heterocycles. The van der Waals surface area contributed by atoms with Crippen LogP contribution in [0.3, 0.4) is 0 Å². The third-order valence-corrected chi connectivity index (χ3v) is 2.65. The molecule has 7 nitrogen and oxygen atoms in total. The number of benzene rings is 1. The lowest BCUT2D eigenvalue weighted by Crippen LogP contribution is -2.04. The fraction of sp³-hybridized carbons (Fsp3) is 0.154. The molecule has 2 aromatic rings. The number of rotatable bonds is 5. The molecule has 0 aliphatic rings. The van der Waals surface area contributed by atoms with Crippen molar-refractivity contribution in [2.75, 3.05) is 25.3 Å². The van der Waals surface area contributed by atoms with Crippen LogP contribution in [0.25, 0.3) is 0 Å². The summed E-state index contributed by atoms with van der Waals surface area (Å²) >= 11 is 0. The summed E-state index contributed by atoms with van der Waals surface area (Å²) in [6, 6.07) is 5.23. The maximum atomic E-state index is 11.0. The van der Waals surface area contributed by atoms with E-state index in [1.807, 2.05) is 0 Å². The van der Waals surface area contributed by atoms with Crippen molar-refractivity contribution in [2.45, 2.75) is 0 Å². The third kappa shape index (κ3) is 2.77. The number of anilines is 3. The zero-order chi connectivity index (χ0) is 14.5. The average Bonchev–Trinajstić information content (AvgIpc) is 2.47. The first-order chi connectivity index (χ1) is 9.67. The van der Waals surface area contributed by atoms with Gasteiger partial charge in [-0.1, -0.05) is 0 Å². The molecule has 0 atom stereocenters. The highest BCUT2D eigenvalue weighted by Gasteiger charge is 2.10. The summed E-state index contributed by atoms with van der Waals surface area (Å²) in [5.74, 6) is 1.67. The predicted molar refractivity (Wildman–Crippen MR) is 74.7 cm³/mol. The van der Waals surface area contributed by atoms with Crippen molar-refractivity contribution >= 4 is 23.6 Å².